The van der Waals surface area contributed by atoms with Crippen molar-refractivity contribution in [1.29, 1.82) is 0 Å². The van der Waals surface area contributed by atoms with Crippen LogP contribution in [0.2, 0.25) is 5.02 Å². The number of aliphatic hydroxyl groups is 1. The molecule has 3 amide bonds. The third-order valence-electron chi connectivity index (χ3n) is 7.77. The Labute approximate surface area is 221 Å². The van der Waals surface area contributed by atoms with E-state index in [9.17, 15) is 19.1 Å². The highest BCUT2D eigenvalue weighted by atomic mass is 35.5. The van der Waals surface area contributed by atoms with E-state index in [0.717, 1.165) is 12.5 Å². The summed E-state index contributed by atoms with van der Waals surface area (Å²) in [6.45, 7) is 1.03. The molecule has 11 heteroatoms. The molecule has 0 aromatic heterocycles. The first-order valence-electron chi connectivity index (χ1n) is 13.2. The maximum Gasteiger partial charge on any atom is 0.404 e. The molecule has 8 nitrogen and oxygen atoms in total. The monoisotopic (exact) mass is 544 g/mol. The highest BCUT2D eigenvalue weighted by molar-refractivity contribution is 6.31. The second-order valence-electron chi connectivity index (χ2n) is 10.5. The summed E-state index contributed by atoms with van der Waals surface area (Å²) in [6.07, 6.45) is 7.05. The van der Waals surface area contributed by atoms with Gasteiger partial charge in [0.15, 0.2) is 5.82 Å². The third-order valence-corrected chi connectivity index (χ3v) is 8.12. The lowest BCUT2D eigenvalue weighted by Gasteiger charge is -2.43. The number of halogens is 3. The molecule has 1 aliphatic heterocycles. The minimum Gasteiger partial charge on any atom is -0.465 e. The first kappa shape index (κ1) is 29.4. The van der Waals surface area contributed by atoms with Gasteiger partial charge in [0.1, 0.15) is 10.8 Å². The topological polar surface area (TPSA) is 128 Å². The second kappa shape index (κ2) is 13.6. The Balaban J connectivity index is 1.67. The molecule has 2 aliphatic rings. The number of nitrogens with zero attached hydrogens (tertiary/aromatic N) is 1. The van der Waals surface area contributed by atoms with Crippen molar-refractivity contribution in [1.82, 2.24) is 15.5 Å². The van der Waals surface area contributed by atoms with Crippen molar-refractivity contribution < 1.29 is 28.6 Å². The fourth-order valence-electron chi connectivity index (χ4n) is 5.79. The summed E-state index contributed by atoms with van der Waals surface area (Å²) in [5.74, 6) is -1.95. The number of carbonyl (C=O) groups is 2. The van der Waals surface area contributed by atoms with Gasteiger partial charge < -0.3 is 31.5 Å². The summed E-state index contributed by atoms with van der Waals surface area (Å²) in [6, 6.07) is 1.74. The minimum absolute atomic E-state index is 0.00144. The van der Waals surface area contributed by atoms with Gasteiger partial charge in [-0.25, -0.2) is 18.4 Å². The molecular formula is C26H39ClF2N4O4. The summed E-state index contributed by atoms with van der Waals surface area (Å²) in [5.41, 5.74) is 4.35. The number of nitrogens with two attached hydrogens (primary N) is 1. The van der Waals surface area contributed by atoms with Crippen LogP contribution in [0, 0.1) is 23.5 Å². The van der Waals surface area contributed by atoms with Crippen LogP contribution in [0.5, 0.6) is 0 Å². The van der Waals surface area contributed by atoms with Crippen molar-refractivity contribution in [3.05, 3.63) is 34.4 Å². The molecule has 2 fully saturated rings. The van der Waals surface area contributed by atoms with Gasteiger partial charge in [-0.05, 0) is 44.1 Å². The fourth-order valence-corrected chi connectivity index (χ4v) is 5.95. The second-order valence-corrected chi connectivity index (χ2v) is 10.8. The van der Waals surface area contributed by atoms with E-state index in [0.29, 0.717) is 31.8 Å². The van der Waals surface area contributed by atoms with E-state index in [1.165, 1.54) is 38.2 Å². The summed E-state index contributed by atoms with van der Waals surface area (Å²) in [4.78, 5) is 25.4. The number of benzene rings is 1. The van der Waals surface area contributed by atoms with Crippen molar-refractivity contribution >= 4 is 23.7 Å². The lowest BCUT2D eigenvalue weighted by molar-refractivity contribution is -0.0576. The van der Waals surface area contributed by atoms with E-state index in [2.05, 4.69) is 10.6 Å². The molecule has 1 aromatic carbocycles. The Morgan fingerprint density at radius 2 is 1.89 bits per heavy atom. The highest BCUT2D eigenvalue weighted by Crippen LogP contribution is 2.42. The summed E-state index contributed by atoms with van der Waals surface area (Å²) in [7, 11) is 0. The quantitative estimate of drug-likeness (QED) is 0.218. The lowest BCUT2D eigenvalue weighted by Crippen LogP contribution is -2.52. The molecule has 1 aliphatic carbocycles. The molecule has 208 valence electrons. The van der Waals surface area contributed by atoms with E-state index in [4.69, 9.17) is 22.4 Å². The first-order chi connectivity index (χ1) is 17.6. The van der Waals surface area contributed by atoms with Gasteiger partial charge in [0, 0.05) is 43.7 Å². The molecule has 1 heterocycles. The zero-order valence-corrected chi connectivity index (χ0v) is 21.9. The molecule has 37 heavy (non-hydrogen) atoms. The zero-order chi connectivity index (χ0) is 27.0. The van der Waals surface area contributed by atoms with Gasteiger partial charge in [0.25, 0.3) is 0 Å². The van der Waals surface area contributed by atoms with E-state index in [1.807, 2.05) is 0 Å². The SMILES string of the molecule is N[C@@H](CNC(=O)N1CCC[C@@H]([C@@](O)(CCCNC(=O)O)c2ccc(F)c(Cl)c2F)C1)CC1CCCCC1. The summed E-state index contributed by atoms with van der Waals surface area (Å²) >= 11 is 5.81. The predicted octanol–water partition coefficient (Wildman–Crippen LogP) is 4.57. The van der Waals surface area contributed by atoms with Crippen molar-refractivity contribution in [2.45, 2.75) is 75.9 Å². The Bertz CT molecular complexity index is 934. The van der Waals surface area contributed by atoms with Gasteiger partial charge in [-0.1, -0.05) is 49.8 Å². The first-order valence-corrected chi connectivity index (χ1v) is 13.6. The molecule has 0 bridgehead atoms. The van der Waals surface area contributed by atoms with Gasteiger partial charge in [0.05, 0.1) is 5.60 Å². The summed E-state index contributed by atoms with van der Waals surface area (Å²) < 4.78 is 28.9. The molecule has 0 spiro atoms. The van der Waals surface area contributed by atoms with Crippen LogP contribution in [-0.4, -0.2) is 59.5 Å². The number of likely N-dealkylation sites (tertiary alicyclic amines) is 1. The third kappa shape index (κ3) is 7.91. The average Bonchev–Trinajstić information content (AvgIpc) is 2.89. The molecule has 1 aromatic rings. The van der Waals surface area contributed by atoms with Crippen LogP contribution in [0.4, 0.5) is 18.4 Å². The molecule has 6 N–H and O–H groups in total. The predicted molar refractivity (Wildman–Crippen MR) is 137 cm³/mol. The standard InChI is InChI=1S/C26H39ClF2N4O4/c27-22-21(28)10-9-20(23(22)29)26(37,11-5-12-31-25(35)36)18-8-4-13-33(16-18)24(34)32-15-19(30)14-17-6-2-1-3-7-17/h9-10,17-19,31,37H,1-8,11-16,30H2,(H,32,34)(H,35,36)/t18-,19-,26+/m1/s1. The van der Waals surface area contributed by atoms with Gasteiger partial charge >= 0.3 is 12.1 Å². The highest BCUT2D eigenvalue weighted by Gasteiger charge is 2.43. The fraction of sp³-hybridized carbons (Fsp3) is 0.692. The molecule has 3 atom stereocenters. The number of piperidine rings is 1. The Morgan fingerprint density at radius 3 is 2.59 bits per heavy atom. The van der Waals surface area contributed by atoms with Crippen molar-refractivity contribution in [2.24, 2.45) is 17.6 Å². The van der Waals surface area contributed by atoms with E-state index in [-0.39, 0.29) is 43.6 Å². The zero-order valence-electron chi connectivity index (χ0n) is 21.2. The average molecular weight is 545 g/mol. The van der Waals surface area contributed by atoms with Crippen LogP contribution in [0.25, 0.3) is 0 Å². The molecular weight excluding hydrogens is 506 g/mol. The Morgan fingerprint density at radius 1 is 1.16 bits per heavy atom. The van der Waals surface area contributed by atoms with E-state index >= 15 is 4.39 Å². The van der Waals surface area contributed by atoms with Crippen LogP contribution in [0.15, 0.2) is 12.1 Å². The van der Waals surface area contributed by atoms with Crippen LogP contribution in [0.3, 0.4) is 0 Å². The van der Waals surface area contributed by atoms with Crippen LogP contribution in [-0.2, 0) is 5.60 Å². The van der Waals surface area contributed by atoms with Gasteiger partial charge in [-0.15, -0.1) is 0 Å². The maximum atomic E-state index is 15.1. The normalized spacial score (nSPS) is 21.2. The number of nitrogens with one attached hydrogen (secondary N) is 2. The maximum absolute atomic E-state index is 15.1. The van der Waals surface area contributed by atoms with Crippen LogP contribution in [0.1, 0.15) is 69.8 Å². The molecule has 3 rings (SSSR count). The van der Waals surface area contributed by atoms with Crippen molar-refractivity contribution in [3.63, 3.8) is 0 Å². The number of carbonyl (C=O) groups excluding carboxylic acids is 1. The number of amides is 3. The van der Waals surface area contributed by atoms with Crippen LogP contribution >= 0.6 is 11.6 Å². The van der Waals surface area contributed by atoms with E-state index < -0.39 is 34.3 Å². The Kier molecular flexibility index (Phi) is 10.8. The summed E-state index contributed by atoms with van der Waals surface area (Å²) in [5, 5.41) is 25.1. The molecule has 0 unspecified atom stereocenters. The Hall–Kier alpha value is -2.17. The number of carboxylic acid groups (broad SMARTS) is 1. The number of hydrogen-bond donors (Lipinski definition) is 5. The van der Waals surface area contributed by atoms with Gasteiger partial charge in [0.2, 0.25) is 0 Å². The van der Waals surface area contributed by atoms with E-state index in [1.54, 1.807) is 4.90 Å². The number of hydrogen-bond acceptors (Lipinski definition) is 4. The minimum atomic E-state index is -1.78. The molecule has 0 radical (unpaired) electrons. The van der Waals surface area contributed by atoms with Gasteiger partial charge in [-0.2, -0.15) is 0 Å². The number of urea groups is 1. The largest absolute Gasteiger partial charge is 0.465 e. The van der Waals surface area contributed by atoms with Crippen LogP contribution < -0.4 is 16.4 Å². The lowest BCUT2D eigenvalue weighted by atomic mass is 9.74. The molecule has 1 saturated heterocycles. The van der Waals surface area contributed by atoms with Crippen molar-refractivity contribution in [2.75, 3.05) is 26.2 Å². The molecule has 1 saturated carbocycles. The van der Waals surface area contributed by atoms with Gasteiger partial charge in [-0.3, -0.25) is 0 Å². The van der Waals surface area contributed by atoms with Crippen molar-refractivity contribution in [3.8, 4) is 0 Å². The number of rotatable bonds is 10. The smallest absolute Gasteiger partial charge is 0.404 e.